The Morgan fingerprint density at radius 3 is 2.71 bits per heavy atom. The Labute approximate surface area is 82.9 Å². The van der Waals surface area contributed by atoms with Gasteiger partial charge in [-0.15, -0.1) is 0 Å². The van der Waals surface area contributed by atoms with Gasteiger partial charge in [0.25, 0.3) is 0 Å². The minimum absolute atomic E-state index is 0.0740. The molecule has 1 heterocycles. The Kier molecular flexibility index (Phi) is 2.50. The van der Waals surface area contributed by atoms with Crippen LogP contribution in [0.15, 0.2) is 30.3 Å². The van der Waals surface area contributed by atoms with Crippen LogP contribution >= 0.6 is 0 Å². The SMILES string of the molecule is NC1COC(=O)CC1c1ccccc1. The maximum absolute atomic E-state index is 11.1. The monoisotopic (exact) mass is 191 g/mol. The van der Waals surface area contributed by atoms with E-state index in [9.17, 15) is 4.79 Å². The smallest absolute Gasteiger partial charge is 0.306 e. The quantitative estimate of drug-likeness (QED) is 0.675. The molecule has 14 heavy (non-hydrogen) atoms. The molecule has 0 bridgehead atoms. The van der Waals surface area contributed by atoms with Gasteiger partial charge >= 0.3 is 5.97 Å². The maximum atomic E-state index is 11.1. The van der Waals surface area contributed by atoms with E-state index in [1.54, 1.807) is 0 Å². The summed E-state index contributed by atoms with van der Waals surface area (Å²) in [5, 5.41) is 0. The van der Waals surface area contributed by atoms with E-state index in [0.29, 0.717) is 13.0 Å². The molecule has 2 N–H and O–H groups in total. The average molecular weight is 191 g/mol. The first kappa shape index (κ1) is 9.21. The fourth-order valence-electron chi connectivity index (χ4n) is 1.76. The minimum atomic E-state index is -0.152. The molecule has 0 amide bonds. The number of cyclic esters (lactones) is 1. The Morgan fingerprint density at radius 2 is 2.00 bits per heavy atom. The molecule has 3 heteroatoms. The van der Waals surface area contributed by atoms with Crippen molar-refractivity contribution in [2.75, 3.05) is 6.61 Å². The predicted octanol–water partition coefficient (Wildman–Crippen LogP) is 1.04. The van der Waals surface area contributed by atoms with Crippen molar-refractivity contribution in [2.45, 2.75) is 18.4 Å². The summed E-state index contributed by atoms with van der Waals surface area (Å²) in [6, 6.07) is 9.81. The second-order valence-corrected chi connectivity index (χ2v) is 3.57. The Bertz CT molecular complexity index is 323. The van der Waals surface area contributed by atoms with Crippen molar-refractivity contribution in [3.05, 3.63) is 35.9 Å². The van der Waals surface area contributed by atoms with Gasteiger partial charge in [-0.25, -0.2) is 0 Å². The van der Waals surface area contributed by atoms with Crippen LogP contribution in [0.4, 0.5) is 0 Å². The fourth-order valence-corrected chi connectivity index (χ4v) is 1.76. The summed E-state index contributed by atoms with van der Waals surface area (Å²) in [6.45, 7) is 0.332. The van der Waals surface area contributed by atoms with E-state index in [1.807, 2.05) is 30.3 Å². The molecular formula is C11H13NO2. The number of carbonyl (C=O) groups excluding carboxylic acids is 1. The van der Waals surface area contributed by atoms with Crippen LogP contribution in [0, 0.1) is 0 Å². The van der Waals surface area contributed by atoms with Gasteiger partial charge in [-0.1, -0.05) is 30.3 Å². The van der Waals surface area contributed by atoms with Gasteiger partial charge in [-0.2, -0.15) is 0 Å². The number of nitrogens with two attached hydrogens (primary N) is 1. The molecule has 0 aromatic heterocycles. The molecule has 0 aliphatic carbocycles. The molecule has 1 aliphatic rings. The first-order valence-corrected chi connectivity index (χ1v) is 4.73. The van der Waals surface area contributed by atoms with Crippen LogP contribution in [-0.2, 0) is 9.53 Å². The number of hydrogen-bond acceptors (Lipinski definition) is 3. The highest BCUT2D eigenvalue weighted by molar-refractivity contribution is 5.71. The topological polar surface area (TPSA) is 52.3 Å². The highest BCUT2D eigenvalue weighted by atomic mass is 16.5. The van der Waals surface area contributed by atoms with Gasteiger partial charge in [-0.05, 0) is 5.56 Å². The number of hydrogen-bond donors (Lipinski definition) is 1. The lowest BCUT2D eigenvalue weighted by atomic mass is 9.88. The molecule has 0 spiro atoms. The maximum Gasteiger partial charge on any atom is 0.306 e. The van der Waals surface area contributed by atoms with Crippen LogP contribution in [-0.4, -0.2) is 18.6 Å². The zero-order valence-electron chi connectivity index (χ0n) is 7.85. The predicted molar refractivity (Wildman–Crippen MR) is 52.7 cm³/mol. The van der Waals surface area contributed by atoms with Crippen LogP contribution in [0.3, 0.4) is 0 Å². The zero-order chi connectivity index (χ0) is 9.97. The molecule has 1 aromatic carbocycles. The number of benzene rings is 1. The first-order chi connectivity index (χ1) is 6.77. The van der Waals surface area contributed by atoms with E-state index in [4.69, 9.17) is 10.5 Å². The molecular weight excluding hydrogens is 178 g/mol. The van der Waals surface area contributed by atoms with Crippen LogP contribution in [0.5, 0.6) is 0 Å². The Balaban J connectivity index is 2.20. The number of esters is 1. The van der Waals surface area contributed by atoms with Gasteiger partial charge in [0, 0.05) is 12.0 Å². The normalized spacial score (nSPS) is 27.1. The summed E-state index contributed by atoms with van der Waals surface area (Å²) in [5.41, 5.74) is 7.02. The van der Waals surface area contributed by atoms with E-state index in [1.165, 1.54) is 0 Å². The summed E-state index contributed by atoms with van der Waals surface area (Å²) in [6.07, 6.45) is 0.394. The van der Waals surface area contributed by atoms with Crippen molar-refractivity contribution < 1.29 is 9.53 Å². The van der Waals surface area contributed by atoms with E-state index < -0.39 is 0 Å². The fraction of sp³-hybridized carbons (Fsp3) is 0.364. The van der Waals surface area contributed by atoms with Gasteiger partial charge in [0.05, 0.1) is 6.42 Å². The molecule has 74 valence electrons. The van der Waals surface area contributed by atoms with E-state index >= 15 is 0 Å². The standard InChI is InChI=1S/C11H13NO2/c12-10-7-14-11(13)6-9(10)8-4-2-1-3-5-8/h1-5,9-10H,6-7,12H2. The van der Waals surface area contributed by atoms with E-state index in [2.05, 4.69) is 0 Å². The highest BCUT2D eigenvalue weighted by Crippen LogP contribution is 2.26. The lowest BCUT2D eigenvalue weighted by Crippen LogP contribution is -2.39. The molecule has 2 rings (SSSR count). The average Bonchev–Trinajstić information content (AvgIpc) is 2.23. The van der Waals surface area contributed by atoms with Crippen molar-refractivity contribution in [1.82, 2.24) is 0 Å². The van der Waals surface area contributed by atoms with Gasteiger partial charge in [0.2, 0.25) is 0 Å². The number of carbonyl (C=O) groups is 1. The number of rotatable bonds is 1. The lowest BCUT2D eigenvalue weighted by molar-refractivity contribution is -0.148. The van der Waals surface area contributed by atoms with E-state index in [0.717, 1.165) is 5.56 Å². The van der Waals surface area contributed by atoms with Gasteiger partial charge in [-0.3, -0.25) is 4.79 Å². The van der Waals surface area contributed by atoms with Crippen molar-refractivity contribution in [2.24, 2.45) is 5.73 Å². The van der Waals surface area contributed by atoms with Crippen molar-refractivity contribution >= 4 is 5.97 Å². The Hall–Kier alpha value is -1.35. The number of ether oxygens (including phenoxy) is 1. The Morgan fingerprint density at radius 1 is 1.29 bits per heavy atom. The lowest BCUT2D eigenvalue weighted by Gasteiger charge is -2.27. The van der Waals surface area contributed by atoms with Crippen LogP contribution in [0.2, 0.25) is 0 Å². The highest BCUT2D eigenvalue weighted by Gasteiger charge is 2.28. The second-order valence-electron chi connectivity index (χ2n) is 3.57. The molecule has 1 saturated heterocycles. The summed E-state index contributed by atoms with van der Waals surface area (Å²) in [5.74, 6) is -0.0435. The summed E-state index contributed by atoms with van der Waals surface area (Å²) in [7, 11) is 0. The van der Waals surface area contributed by atoms with E-state index in [-0.39, 0.29) is 17.9 Å². The molecule has 0 radical (unpaired) electrons. The first-order valence-electron chi connectivity index (χ1n) is 4.73. The molecule has 1 aromatic rings. The van der Waals surface area contributed by atoms with Crippen molar-refractivity contribution in [3.8, 4) is 0 Å². The zero-order valence-corrected chi connectivity index (χ0v) is 7.85. The molecule has 3 nitrogen and oxygen atoms in total. The second kappa shape index (κ2) is 3.80. The third kappa shape index (κ3) is 1.77. The summed E-state index contributed by atoms with van der Waals surface area (Å²) in [4.78, 5) is 11.1. The molecule has 2 unspecified atom stereocenters. The van der Waals surface area contributed by atoms with Crippen LogP contribution in [0.25, 0.3) is 0 Å². The minimum Gasteiger partial charge on any atom is -0.464 e. The van der Waals surface area contributed by atoms with Crippen LogP contribution < -0.4 is 5.73 Å². The van der Waals surface area contributed by atoms with Gasteiger partial charge in [0.15, 0.2) is 0 Å². The summed E-state index contributed by atoms with van der Waals surface area (Å²) < 4.78 is 4.88. The van der Waals surface area contributed by atoms with Crippen LogP contribution in [0.1, 0.15) is 17.9 Å². The third-order valence-electron chi connectivity index (χ3n) is 2.57. The van der Waals surface area contributed by atoms with Gasteiger partial charge in [0.1, 0.15) is 6.61 Å². The third-order valence-corrected chi connectivity index (χ3v) is 2.57. The summed E-state index contributed by atoms with van der Waals surface area (Å²) >= 11 is 0. The molecule has 0 saturated carbocycles. The molecule has 1 aliphatic heterocycles. The van der Waals surface area contributed by atoms with Gasteiger partial charge < -0.3 is 10.5 Å². The van der Waals surface area contributed by atoms with Crippen molar-refractivity contribution in [3.63, 3.8) is 0 Å². The van der Waals surface area contributed by atoms with Crippen molar-refractivity contribution in [1.29, 1.82) is 0 Å². The molecule has 2 atom stereocenters. The molecule has 1 fully saturated rings. The largest absolute Gasteiger partial charge is 0.464 e.